The van der Waals surface area contributed by atoms with Gasteiger partial charge in [-0.3, -0.25) is 0 Å². The summed E-state index contributed by atoms with van der Waals surface area (Å²) < 4.78 is 0. The van der Waals surface area contributed by atoms with E-state index in [1.54, 1.807) is 0 Å². The van der Waals surface area contributed by atoms with Gasteiger partial charge in [0.25, 0.3) is 0 Å². The van der Waals surface area contributed by atoms with Crippen LogP contribution in [0.5, 0.6) is 0 Å². The summed E-state index contributed by atoms with van der Waals surface area (Å²) in [7, 11) is 0. The summed E-state index contributed by atoms with van der Waals surface area (Å²) in [5.41, 5.74) is 17.4. The second kappa shape index (κ2) is 12.8. The molecule has 2 heteroatoms. The molecule has 0 saturated heterocycles. The molecular weight excluding hydrogens is 701 g/mol. The Bertz CT molecular complexity index is 2960. The lowest BCUT2D eigenvalue weighted by atomic mass is 9.79. The summed E-state index contributed by atoms with van der Waals surface area (Å²) in [4.78, 5) is 4.82. The zero-order chi connectivity index (χ0) is 39.2. The minimum atomic E-state index is -0.239. The van der Waals surface area contributed by atoms with Crippen LogP contribution in [0.4, 0.5) is 34.1 Å². The lowest BCUT2D eigenvalue weighted by Crippen LogP contribution is -2.18. The van der Waals surface area contributed by atoms with Gasteiger partial charge in [-0.2, -0.15) is 0 Å². The molecule has 9 aromatic rings. The minimum Gasteiger partial charge on any atom is -0.310 e. The highest BCUT2D eigenvalue weighted by molar-refractivity contribution is 6.14. The highest BCUT2D eigenvalue weighted by Crippen LogP contribution is 2.59. The minimum absolute atomic E-state index is 0.207. The maximum Gasteiger partial charge on any atom is 0.0543 e. The lowest BCUT2D eigenvalue weighted by molar-refractivity contribution is 0.652. The third-order valence-corrected chi connectivity index (χ3v) is 13.0. The van der Waals surface area contributed by atoms with Crippen LogP contribution in [-0.2, 0) is 10.8 Å². The third-order valence-electron chi connectivity index (χ3n) is 13.0. The van der Waals surface area contributed by atoms with Crippen molar-refractivity contribution in [2.24, 2.45) is 0 Å². The molecule has 0 atom stereocenters. The Balaban J connectivity index is 1.13. The van der Waals surface area contributed by atoms with Gasteiger partial charge in [-0.05, 0) is 152 Å². The monoisotopic (exact) mass is 744 g/mol. The number of nitrogens with zero attached hydrogens (tertiary/aromatic N) is 2. The Morgan fingerprint density at radius 3 is 1.29 bits per heavy atom. The Hall–Kier alpha value is -6.90. The van der Waals surface area contributed by atoms with Gasteiger partial charge in [0, 0.05) is 44.7 Å². The molecule has 2 nitrogen and oxygen atoms in total. The van der Waals surface area contributed by atoms with Crippen LogP contribution < -0.4 is 9.80 Å². The smallest absolute Gasteiger partial charge is 0.0543 e. The van der Waals surface area contributed by atoms with E-state index in [1.807, 2.05) is 0 Å². The molecule has 0 aromatic heterocycles. The summed E-state index contributed by atoms with van der Waals surface area (Å²) in [6, 6.07) is 71.5. The molecule has 0 spiro atoms. The largest absolute Gasteiger partial charge is 0.310 e. The first-order valence-corrected chi connectivity index (χ1v) is 20.4. The average Bonchev–Trinajstić information content (AvgIpc) is 3.62. The molecule has 11 rings (SSSR count). The highest BCUT2D eigenvalue weighted by atomic mass is 15.1. The van der Waals surface area contributed by atoms with Gasteiger partial charge in [0.1, 0.15) is 0 Å². The summed E-state index contributed by atoms with van der Waals surface area (Å²) in [6.07, 6.45) is 0. The average molecular weight is 745 g/mol. The fourth-order valence-corrected chi connectivity index (χ4v) is 10.0. The van der Waals surface area contributed by atoms with Crippen molar-refractivity contribution in [2.75, 3.05) is 9.80 Å². The Morgan fingerprint density at radius 2 is 0.741 bits per heavy atom. The maximum absolute atomic E-state index is 2.56. The van der Waals surface area contributed by atoms with Gasteiger partial charge in [-0.1, -0.05) is 131 Å². The topological polar surface area (TPSA) is 6.48 Å². The van der Waals surface area contributed by atoms with Crippen LogP contribution in [0.3, 0.4) is 0 Å². The second-order valence-electron chi connectivity index (χ2n) is 17.0. The molecule has 0 unspecified atom stereocenters. The Labute approximate surface area is 341 Å². The van der Waals surface area contributed by atoms with Gasteiger partial charge in [0.05, 0.1) is 5.69 Å². The van der Waals surface area contributed by atoms with Crippen molar-refractivity contribution < 1.29 is 0 Å². The van der Waals surface area contributed by atoms with Gasteiger partial charge < -0.3 is 9.80 Å². The molecule has 0 aliphatic heterocycles. The second-order valence-corrected chi connectivity index (χ2v) is 17.0. The summed E-state index contributed by atoms with van der Waals surface area (Å²) in [6.45, 7) is 9.68. The first-order valence-electron chi connectivity index (χ1n) is 20.4. The summed E-state index contributed by atoms with van der Waals surface area (Å²) >= 11 is 0. The normalized spacial score (nSPS) is 14.1. The Morgan fingerprint density at radius 1 is 0.310 bits per heavy atom. The number of benzene rings is 9. The van der Waals surface area contributed by atoms with Crippen LogP contribution >= 0.6 is 0 Å². The summed E-state index contributed by atoms with van der Waals surface area (Å²) in [5.74, 6) is 0. The Kier molecular flexibility index (Phi) is 7.59. The van der Waals surface area contributed by atoms with Crippen molar-refractivity contribution in [3.8, 4) is 22.3 Å². The zero-order valence-corrected chi connectivity index (χ0v) is 33.4. The van der Waals surface area contributed by atoms with Crippen molar-refractivity contribution in [1.29, 1.82) is 0 Å². The highest BCUT2D eigenvalue weighted by Gasteiger charge is 2.43. The van der Waals surface area contributed by atoms with Crippen molar-refractivity contribution in [1.82, 2.24) is 0 Å². The van der Waals surface area contributed by atoms with Crippen LogP contribution in [0.2, 0.25) is 0 Å². The molecule has 2 aliphatic carbocycles. The maximum atomic E-state index is 2.56. The number of hydrogen-bond acceptors (Lipinski definition) is 2. The van der Waals surface area contributed by atoms with E-state index in [9.17, 15) is 0 Å². The van der Waals surface area contributed by atoms with E-state index >= 15 is 0 Å². The van der Waals surface area contributed by atoms with Crippen LogP contribution in [0.15, 0.2) is 194 Å². The van der Waals surface area contributed by atoms with Crippen molar-refractivity contribution in [2.45, 2.75) is 38.5 Å². The van der Waals surface area contributed by atoms with E-state index in [4.69, 9.17) is 0 Å². The predicted octanol–water partition coefficient (Wildman–Crippen LogP) is 15.5. The lowest BCUT2D eigenvalue weighted by Gasteiger charge is -2.30. The molecule has 0 radical (unpaired) electrons. The van der Waals surface area contributed by atoms with Crippen LogP contribution in [0, 0.1) is 0 Å². The molecule has 2 aliphatic rings. The molecule has 0 heterocycles. The van der Waals surface area contributed by atoms with Crippen LogP contribution in [0.25, 0.3) is 43.8 Å². The fourth-order valence-electron chi connectivity index (χ4n) is 10.0. The van der Waals surface area contributed by atoms with Gasteiger partial charge in [-0.15, -0.1) is 0 Å². The molecule has 58 heavy (non-hydrogen) atoms. The number of fused-ring (bicyclic) bond motifs is 9. The number of para-hydroxylation sites is 4. The van der Waals surface area contributed by atoms with Crippen molar-refractivity contribution in [3.05, 3.63) is 216 Å². The van der Waals surface area contributed by atoms with E-state index in [2.05, 4.69) is 232 Å². The zero-order valence-electron chi connectivity index (χ0n) is 33.4. The molecule has 0 bridgehead atoms. The van der Waals surface area contributed by atoms with Gasteiger partial charge in [0.2, 0.25) is 0 Å². The third kappa shape index (κ3) is 5.11. The SMILES string of the molecule is CC1(C)c2cc(N(c3ccccc3)c3ccccc3)ccc2-c2cc3c(cc21)-c1c(cc(N(c2ccccc2)c2ccccc2)c2cc4ccccc4cc12)C3(C)C. The molecule has 278 valence electrons. The quantitative estimate of drug-likeness (QED) is 0.156. The first kappa shape index (κ1) is 34.4. The van der Waals surface area contributed by atoms with Crippen LogP contribution in [0.1, 0.15) is 49.9 Å². The number of rotatable bonds is 6. The van der Waals surface area contributed by atoms with Crippen molar-refractivity contribution in [3.63, 3.8) is 0 Å². The standard InChI is InChI=1S/C56H44N2/c1-55(2)49-33-43(57(39-21-9-5-10-22-39)40-23-11-6-12-24-40)29-30-44(49)45-34-51-48(35-50(45)55)54-47-32-38-20-18-17-19-37(38)31-46(47)53(36-52(54)56(51,3)4)58(41-25-13-7-14-26-41)42-27-15-8-16-28-42/h5-36H,1-4H3. The van der Waals surface area contributed by atoms with E-state index in [0.717, 1.165) is 22.7 Å². The van der Waals surface area contributed by atoms with Gasteiger partial charge >= 0.3 is 0 Å². The van der Waals surface area contributed by atoms with E-state index in [0.29, 0.717) is 0 Å². The predicted molar refractivity (Wildman–Crippen MR) is 246 cm³/mol. The molecular formula is C56H44N2. The number of hydrogen-bond donors (Lipinski definition) is 0. The van der Waals surface area contributed by atoms with E-state index < -0.39 is 0 Å². The van der Waals surface area contributed by atoms with Crippen LogP contribution in [-0.4, -0.2) is 0 Å². The van der Waals surface area contributed by atoms with E-state index in [-0.39, 0.29) is 10.8 Å². The molecule has 0 N–H and O–H groups in total. The van der Waals surface area contributed by atoms with Gasteiger partial charge in [0.15, 0.2) is 0 Å². The molecule has 9 aromatic carbocycles. The first-order chi connectivity index (χ1) is 28.3. The summed E-state index contributed by atoms with van der Waals surface area (Å²) in [5, 5.41) is 5.06. The molecule has 0 amide bonds. The van der Waals surface area contributed by atoms with E-state index in [1.165, 1.54) is 77.4 Å². The molecule has 0 fully saturated rings. The number of anilines is 6. The van der Waals surface area contributed by atoms with Crippen molar-refractivity contribution >= 4 is 55.7 Å². The fraction of sp³-hybridized carbons (Fsp3) is 0.107. The van der Waals surface area contributed by atoms with Gasteiger partial charge in [-0.25, -0.2) is 0 Å². The molecule has 0 saturated carbocycles.